The zero-order valence-corrected chi connectivity index (χ0v) is 46.1. The van der Waals surface area contributed by atoms with Gasteiger partial charge >= 0.3 is 23.9 Å². The lowest BCUT2D eigenvalue weighted by atomic mass is 9.98. The summed E-state index contributed by atoms with van der Waals surface area (Å²) in [6.45, 7) is 5.84. The minimum absolute atomic E-state index is 0.155. The van der Waals surface area contributed by atoms with E-state index < -0.39 is 67.3 Å². The first-order valence-corrected chi connectivity index (χ1v) is 29.3. The van der Waals surface area contributed by atoms with Gasteiger partial charge in [-0.1, -0.05) is 248 Å². The van der Waals surface area contributed by atoms with Crippen molar-refractivity contribution in [3.63, 3.8) is 0 Å². The van der Waals surface area contributed by atoms with Crippen molar-refractivity contribution in [1.29, 1.82) is 0 Å². The van der Waals surface area contributed by atoms with E-state index in [0.29, 0.717) is 19.3 Å². The molecule has 420 valence electrons. The van der Waals surface area contributed by atoms with E-state index in [9.17, 15) is 34.5 Å². The van der Waals surface area contributed by atoms with E-state index in [4.69, 9.17) is 23.7 Å². The van der Waals surface area contributed by atoms with Crippen molar-refractivity contribution in [2.75, 3.05) is 13.2 Å². The molecule has 0 aromatic rings. The highest BCUT2D eigenvalue weighted by atomic mass is 16.7. The van der Waals surface area contributed by atoms with Crippen LogP contribution in [0.2, 0.25) is 0 Å². The Morgan fingerprint density at radius 3 is 1.26 bits per heavy atom. The lowest BCUT2D eigenvalue weighted by Gasteiger charge is -2.40. The highest BCUT2D eigenvalue weighted by molar-refractivity contribution is 5.74. The molecule has 1 saturated heterocycles. The summed E-state index contributed by atoms with van der Waals surface area (Å²) in [6.07, 6.45) is 48.0. The summed E-state index contributed by atoms with van der Waals surface area (Å²) >= 11 is 0. The predicted molar refractivity (Wildman–Crippen MR) is 294 cm³/mol. The lowest BCUT2D eigenvalue weighted by molar-refractivity contribution is -0.301. The number of allylic oxidation sites excluding steroid dienone is 9. The van der Waals surface area contributed by atoms with Crippen LogP contribution in [0.1, 0.15) is 252 Å². The molecule has 0 aromatic carbocycles. The van der Waals surface area contributed by atoms with Gasteiger partial charge in [0.15, 0.2) is 24.6 Å². The summed E-state index contributed by atoms with van der Waals surface area (Å²) in [6, 6.07) is 0. The van der Waals surface area contributed by atoms with Crippen LogP contribution >= 0.6 is 0 Å². The first-order chi connectivity index (χ1) is 35.6. The summed E-state index contributed by atoms with van der Waals surface area (Å²) in [5.41, 5.74) is 0. The standard InChI is InChI=1S/C61H104O12/c1-4-7-10-13-16-19-22-24-26-27-29-30-33-35-38-41-44-47-53(62)69-50-52(71-54(63)48-45-42-39-36-32-21-18-15-12-9-6-3)51-70-61-59(57(66)56(65)58(73-61)60(67)68)72-55(64)49-46-43-40-37-34-31-28-25-23-20-17-14-11-8-5-2/h8,11,17,20,25,28,34,37,43,46,52,56-59,61,65-66H,4-7,9-10,12-16,18-19,21-24,26-27,29-33,35-36,38-42,44-45,47-51H2,1-3H3,(H,67,68)/b11-8-,20-17-,28-25-,37-34-,46-43-. The van der Waals surface area contributed by atoms with E-state index in [2.05, 4.69) is 57.2 Å². The van der Waals surface area contributed by atoms with E-state index in [0.717, 1.165) is 64.2 Å². The van der Waals surface area contributed by atoms with Crippen molar-refractivity contribution in [1.82, 2.24) is 0 Å². The van der Waals surface area contributed by atoms with Crippen molar-refractivity contribution in [2.24, 2.45) is 0 Å². The molecule has 12 nitrogen and oxygen atoms in total. The van der Waals surface area contributed by atoms with E-state index in [1.165, 1.54) is 128 Å². The molecular weight excluding hydrogens is 925 g/mol. The number of carbonyl (C=O) groups is 4. The van der Waals surface area contributed by atoms with Crippen LogP contribution in [0.25, 0.3) is 0 Å². The summed E-state index contributed by atoms with van der Waals surface area (Å²) in [4.78, 5) is 51.0. The Bertz CT molecular complexity index is 1500. The number of esters is 3. The Labute approximate surface area is 443 Å². The van der Waals surface area contributed by atoms with E-state index in [1.807, 2.05) is 12.2 Å². The second-order valence-electron chi connectivity index (χ2n) is 19.9. The van der Waals surface area contributed by atoms with Crippen LogP contribution < -0.4 is 0 Å². The maximum Gasteiger partial charge on any atom is 0.335 e. The molecule has 0 spiro atoms. The van der Waals surface area contributed by atoms with Gasteiger partial charge in [-0.25, -0.2) is 4.79 Å². The molecule has 12 heteroatoms. The van der Waals surface area contributed by atoms with Gasteiger partial charge in [0.05, 0.1) is 13.0 Å². The maximum absolute atomic E-state index is 13.1. The highest BCUT2D eigenvalue weighted by Gasteiger charge is 2.50. The second kappa shape index (κ2) is 49.3. The lowest BCUT2D eigenvalue weighted by Crippen LogP contribution is -2.61. The van der Waals surface area contributed by atoms with Gasteiger partial charge in [-0.15, -0.1) is 0 Å². The summed E-state index contributed by atoms with van der Waals surface area (Å²) in [7, 11) is 0. The minimum Gasteiger partial charge on any atom is -0.479 e. The molecule has 6 atom stereocenters. The molecule has 0 saturated carbocycles. The molecule has 6 unspecified atom stereocenters. The molecule has 1 fully saturated rings. The van der Waals surface area contributed by atoms with Crippen molar-refractivity contribution in [3.05, 3.63) is 60.8 Å². The number of aliphatic hydroxyl groups is 2. The predicted octanol–water partition coefficient (Wildman–Crippen LogP) is 14.8. The van der Waals surface area contributed by atoms with Crippen LogP contribution in [-0.4, -0.2) is 89.2 Å². The highest BCUT2D eigenvalue weighted by Crippen LogP contribution is 2.26. The SMILES string of the molecule is CC/C=C\C/C=C\C/C=C\C/C=C\C/C=C\CC(=O)OC1C(OCC(COC(=O)CCCCCCCCCCCCCCCCCCC)OC(=O)CCCCCCCCCCCCC)OC(C(=O)O)C(O)C1O. The van der Waals surface area contributed by atoms with Gasteiger partial charge in [0.2, 0.25) is 0 Å². The van der Waals surface area contributed by atoms with Crippen molar-refractivity contribution in [3.8, 4) is 0 Å². The molecule has 1 aliphatic rings. The number of aliphatic hydroxyl groups excluding tert-OH is 2. The third-order valence-corrected chi connectivity index (χ3v) is 13.1. The number of carbonyl (C=O) groups excluding carboxylic acids is 3. The van der Waals surface area contributed by atoms with Crippen LogP contribution in [0.15, 0.2) is 60.8 Å². The molecule has 1 aliphatic heterocycles. The average molecular weight is 1030 g/mol. The van der Waals surface area contributed by atoms with Gasteiger partial charge in [-0.05, 0) is 44.9 Å². The van der Waals surface area contributed by atoms with Crippen LogP contribution in [0.5, 0.6) is 0 Å². The first-order valence-electron chi connectivity index (χ1n) is 29.3. The normalized spacial score (nSPS) is 18.7. The smallest absolute Gasteiger partial charge is 0.335 e. The molecule has 73 heavy (non-hydrogen) atoms. The number of hydrogen-bond donors (Lipinski definition) is 3. The molecule has 0 aromatic heterocycles. The van der Waals surface area contributed by atoms with Gasteiger partial charge in [0.1, 0.15) is 18.8 Å². The van der Waals surface area contributed by atoms with Gasteiger partial charge < -0.3 is 39.0 Å². The Morgan fingerprint density at radius 2 is 0.849 bits per heavy atom. The van der Waals surface area contributed by atoms with E-state index in [1.54, 1.807) is 12.2 Å². The Kier molecular flexibility index (Phi) is 45.5. The zero-order valence-electron chi connectivity index (χ0n) is 46.1. The third-order valence-electron chi connectivity index (χ3n) is 13.1. The summed E-state index contributed by atoms with van der Waals surface area (Å²) < 4.78 is 28.3. The van der Waals surface area contributed by atoms with Gasteiger partial charge in [-0.3, -0.25) is 14.4 Å². The quantitative estimate of drug-likeness (QED) is 0.0228. The van der Waals surface area contributed by atoms with Crippen LogP contribution in [0, 0.1) is 0 Å². The Hall–Kier alpha value is -3.58. The number of carboxylic acids is 1. The van der Waals surface area contributed by atoms with Gasteiger partial charge in [-0.2, -0.15) is 0 Å². The minimum atomic E-state index is -1.93. The maximum atomic E-state index is 13.1. The van der Waals surface area contributed by atoms with Crippen LogP contribution in [0.3, 0.4) is 0 Å². The molecule has 0 bridgehead atoms. The molecule has 0 aliphatic carbocycles. The topological polar surface area (TPSA) is 175 Å². The fourth-order valence-corrected chi connectivity index (χ4v) is 8.68. The number of carboxylic acid groups (broad SMARTS) is 1. The summed E-state index contributed by atoms with van der Waals surface area (Å²) in [5, 5.41) is 31.4. The number of unbranched alkanes of at least 4 members (excludes halogenated alkanes) is 26. The average Bonchev–Trinajstić information content (AvgIpc) is 3.37. The third kappa shape index (κ3) is 39.5. The fourth-order valence-electron chi connectivity index (χ4n) is 8.68. The Balaban J connectivity index is 2.71. The number of ether oxygens (including phenoxy) is 5. The second-order valence-corrected chi connectivity index (χ2v) is 19.9. The molecule has 3 N–H and O–H groups in total. The first kappa shape index (κ1) is 67.4. The van der Waals surface area contributed by atoms with Gasteiger partial charge in [0.25, 0.3) is 0 Å². The van der Waals surface area contributed by atoms with Crippen LogP contribution in [-0.2, 0) is 42.9 Å². The van der Waals surface area contributed by atoms with Crippen molar-refractivity contribution in [2.45, 2.75) is 289 Å². The van der Waals surface area contributed by atoms with Crippen molar-refractivity contribution < 1.29 is 58.2 Å². The largest absolute Gasteiger partial charge is 0.479 e. The zero-order chi connectivity index (χ0) is 53.3. The fraction of sp³-hybridized carbons (Fsp3) is 0.770. The molecule has 1 heterocycles. The molecular formula is C61H104O12. The molecule has 0 amide bonds. The van der Waals surface area contributed by atoms with E-state index >= 15 is 0 Å². The number of aliphatic carboxylic acids is 1. The van der Waals surface area contributed by atoms with E-state index in [-0.39, 0.29) is 25.9 Å². The summed E-state index contributed by atoms with van der Waals surface area (Å²) in [5.74, 6) is -3.27. The number of rotatable bonds is 49. The molecule has 1 rings (SSSR count). The van der Waals surface area contributed by atoms with Crippen molar-refractivity contribution >= 4 is 23.9 Å². The van der Waals surface area contributed by atoms with Crippen LogP contribution in [0.4, 0.5) is 0 Å². The molecule has 0 radical (unpaired) electrons. The monoisotopic (exact) mass is 1030 g/mol. The number of hydrogen-bond acceptors (Lipinski definition) is 11. The Morgan fingerprint density at radius 1 is 0.466 bits per heavy atom. The van der Waals surface area contributed by atoms with Gasteiger partial charge in [0, 0.05) is 12.8 Å².